The highest BCUT2D eigenvalue weighted by Gasteiger charge is 2.93. The van der Waals surface area contributed by atoms with Crippen LogP contribution < -0.4 is 0 Å². The van der Waals surface area contributed by atoms with E-state index in [9.17, 15) is 50.4 Å². The summed E-state index contributed by atoms with van der Waals surface area (Å²) >= 11 is 0. The van der Waals surface area contributed by atoms with Crippen molar-refractivity contribution < 1.29 is 50.4 Å². The third-order valence-electron chi connectivity index (χ3n) is 6.96. The molecule has 2 fully saturated rings. The molecule has 8 N–H and O–H groups in total. The zero-order chi connectivity index (χ0) is 23.6. The molecule has 0 bridgehead atoms. The van der Waals surface area contributed by atoms with Gasteiger partial charge in [-0.15, -0.1) is 0 Å². The summed E-state index contributed by atoms with van der Waals surface area (Å²) < 4.78 is 0. The zero-order valence-electron chi connectivity index (χ0n) is 16.5. The predicted molar refractivity (Wildman–Crippen MR) is 106 cm³/mol. The molecule has 0 spiro atoms. The summed E-state index contributed by atoms with van der Waals surface area (Å²) in [6.07, 6.45) is -3.69. The molecular formula is C22H22O10. The number of aliphatic hydroxyl groups excluding tert-OH is 3. The van der Waals surface area contributed by atoms with Gasteiger partial charge in [0.15, 0.2) is 0 Å². The van der Waals surface area contributed by atoms with Crippen molar-refractivity contribution in [1.29, 1.82) is 0 Å². The van der Waals surface area contributed by atoms with Crippen LogP contribution in [-0.4, -0.2) is 88.4 Å². The Morgan fingerprint density at radius 2 is 1.41 bits per heavy atom. The first-order chi connectivity index (χ1) is 15.0. The average molecular weight is 446 g/mol. The van der Waals surface area contributed by atoms with Gasteiger partial charge < -0.3 is 40.9 Å². The summed E-state index contributed by atoms with van der Waals surface area (Å²) in [6.45, 7) is -1.01. The molecule has 3 unspecified atom stereocenters. The van der Waals surface area contributed by atoms with Crippen LogP contribution in [0.1, 0.15) is 43.7 Å². The number of rotatable bonds is 6. The van der Waals surface area contributed by atoms with Crippen LogP contribution in [0.3, 0.4) is 0 Å². The summed E-state index contributed by atoms with van der Waals surface area (Å²) in [5.41, 5.74) is -7.85. The van der Waals surface area contributed by atoms with E-state index in [0.29, 0.717) is 0 Å². The van der Waals surface area contributed by atoms with Crippen molar-refractivity contribution in [3.63, 3.8) is 0 Å². The van der Waals surface area contributed by atoms with E-state index in [2.05, 4.69) is 0 Å². The molecule has 0 aromatic heterocycles. The van der Waals surface area contributed by atoms with Gasteiger partial charge in [0.25, 0.3) is 0 Å². The lowest BCUT2D eigenvalue weighted by atomic mass is 9.30. The van der Waals surface area contributed by atoms with Crippen molar-refractivity contribution >= 4 is 11.9 Å². The Morgan fingerprint density at radius 3 is 1.91 bits per heavy atom. The summed E-state index contributed by atoms with van der Waals surface area (Å²) in [7, 11) is 0. The van der Waals surface area contributed by atoms with Gasteiger partial charge in [0.05, 0.1) is 29.8 Å². The quantitative estimate of drug-likeness (QED) is 0.269. The van der Waals surface area contributed by atoms with Gasteiger partial charge in [-0.1, -0.05) is 24.3 Å². The number of aromatic carboxylic acids is 2. The van der Waals surface area contributed by atoms with Crippen molar-refractivity contribution in [2.45, 2.75) is 40.8 Å². The largest absolute Gasteiger partial charge is 0.478 e. The Hall–Kier alpha value is -2.86. The maximum atomic E-state index is 11.5. The highest BCUT2D eigenvalue weighted by atomic mass is 16.5. The van der Waals surface area contributed by atoms with Gasteiger partial charge in [0, 0.05) is 5.92 Å². The van der Waals surface area contributed by atoms with Crippen molar-refractivity contribution in [3.05, 3.63) is 70.8 Å². The summed E-state index contributed by atoms with van der Waals surface area (Å²) in [5.74, 6) is -5.53. The van der Waals surface area contributed by atoms with Crippen molar-refractivity contribution in [2.75, 3.05) is 6.61 Å². The van der Waals surface area contributed by atoms with E-state index in [4.69, 9.17) is 0 Å². The minimum absolute atomic E-state index is 0.0175. The van der Waals surface area contributed by atoms with Crippen LogP contribution in [0.4, 0.5) is 0 Å². The fraction of sp³-hybridized carbons (Fsp3) is 0.364. The van der Waals surface area contributed by atoms with Crippen LogP contribution in [0.5, 0.6) is 0 Å². The number of hydrogen-bond donors (Lipinski definition) is 8. The highest BCUT2D eigenvalue weighted by molar-refractivity contribution is 5.88. The minimum atomic E-state index is -2.60. The standard InChI is InChI=1S/C22H22O10/c23-9-14(24)20(30)16(11-4-2-6-13(8-11)19(28)29)21(31)17(25)15(22(20,21)32)10-3-1-5-12(7-10)18(26)27/h1-8,14-17,23-25,30-32H,9H2,(H,26,27)(H,28,29)/t14-,15?,16?,17?,20+,21+,22+/m1/s1. The predicted octanol–water partition coefficient (Wildman–Crippen LogP) is -1.12. The van der Waals surface area contributed by atoms with Crippen molar-refractivity contribution in [1.82, 2.24) is 0 Å². The molecule has 32 heavy (non-hydrogen) atoms. The van der Waals surface area contributed by atoms with E-state index in [1.54, 1.807) is 0 Å². The minimum Gasteiger partial charge on any atom is -0.478 e. The molecule has 0 amide bonds. The maximum Gasteiger partial charge on any atom is 0.335 e. The number of hydrogen-bond acceptors (Lipinski definition) is 8. The molecular weight excluding hydrogens is 424 g/mol. The first-order valence-electron chi connectivity index (χ1n) is 9.76. The molecule has 0 aliphatic heterocycles. The number of aliphatic hydroxyl groups is 6. The Balaban J connectivity index is 1.86. The second kappa shape index (κ2) is 7.07. The van der Waals surface area contributed by atoms with Gasteiger partial charge in [-0.2, -0.15) is 0 Å². The smallest absolute Gasteiger partial charge is 0.335 e. The lowest BCUT2D eigenvalue weighted by molar-refractivity contribution is -0.459. The van der Waals surface area contributed by atoms with Crippen LogP contribution in [0.25, 0.3) is 0 Å². The lowest BCUT2D eigenvalue weighted by Gasteiger charge is -2.80. The third-order valence-corrected chi connectivity index (χ3v) is 6.96. The fourth-order valence-corrected chi connectivity index (χ4v) is 5.53. The van der Waals surface area contributed by atoms with Crippen molar-refractivity contribution in [3.8, 4) is 0 Å². The molecule has 2 saturated carbocycles. The first kappa shape index (κ1) is 22.3. The molecule has 0 radical (unpaired) electrons. The van der Waals surface area contributed by atoms with E-state index >= 15 is 0 Å². The Labute approximate surface area is 181 Å². The van der Waals surface area contributed by atoms with Gasteiger partial charge in [0.1, 0.15) is 22.9 Å². The molecule has 4 rings (SSSR count). The van der Waals surface area contributed by atoms with Crippen LogP contribution in [0.2, 0.25) is 0 Å². The Morgan fingerprint density at radius 1 is 0.906 bits per heavy atom. The molecule has 10 nitrogen and oxygen atoms in total. The van der Waals surface area contributed by atoms with Crippen LogP contribution in [0, 0.1) is 0 Å². The zero-order valence-corrected chi connectivity index (χ0v) is 16.5. The molecule has 2 aliphatic rings. The van der Waals surface area contributed by atoms with Gasteiger partial charge in [-0.05, 0) is 35.4 Å². The number of carboxylic acids is 2. The van der Waals surface area contributed by atoms with Gasteiger partial charge in [-0.3, -0.25) is 0 Å². The number of benzene rings is 2. The maximum absolute atomic E-state index is 11.5. The first-order valence-corrected chi connectivity index (χ1v) is 9.76. The number of carboxylic acid groups (broad SMARTS) is 2. The third kappa shape index (κ3) is 2.44. The van der Waals surface area contributed by atoms with E-state index in [-0.39, 0.29) is 22.3 Å². The van der Waals surface area contributed by atoms with E-state index < -0.39 is 59.4 Å². The van der Waals surface area contributed by atoms with Gasteiger partial charge in [-0.25, -0.2) is 9.59 Å². The average Bonchev–Trinajstić information content (AvgIpc) is 2.78. The summed E-state index contributed by atoms with van der Waals surface area (Å²) in [6, 6.07) is 10.3. The van der Waals surface area contributed by atoms with Crippen molar-refractivity contribution in [2.24, 2.45) is 0 Å². The fourth-order valence-electron chi connectivity index (χ4n) is 5.53. The molecule has 2 aromatic rings. The van der Waals surface area contributed by atoms with E-state index in [1.807, 2.05) is 0 Å². The van der Waals surface area contributed by atoms with Gasteiger partial charge in [0.2, 0.25) is 0 Å². The summed E-state index contributed by atoms with van der Waals surface area (Å²) in [4.78, 5) is 22.7. The van der Waals surface area contributed by atoms with Crippen LogP contribution in [0.15, 0.2) is 48.5 Å². The monoisotopic (exact) mass is 446 g/mol. The second-order valence-corrected chi connectivity index (χ2v) is 8.33. The molecule has 0 saturated heterocycles. The molecule has 10 heteroatoms. The van der Waals surface area contributed by atoms with Crippen LogP contribution in [-0.2, 0) is 0 Å². The molecule has 2 aliphatic carbocycles. The molecule has 7 atom stereocenters. The second-order valence-electron chi connectivity index (χ2n) is 8.33. The molecule has 170 valence electrons. The summed E-state index contributed by atoms with van der Waals surface area (Å²) in [5, 5.41) is 83.7. The Kier molecular flexibility index (Phi) is 4.94. The number of fused-ring (bicyclic) bond motifs is 1. The number of carbonyl (C=O) groups is 2. The topological polar surface area (TPSA) is 196 Å². The van der Waals surface area contributed by atoms with Crippen LogP contribution >= 0.6 is 0 Å². The SMILES string of the molecule is O=C(O)c1cccc(C2C(O)[C@@]3(O)C(c4cccc(C(=O)O)c4)[C@@](O)([C@H](O)CO)[C@@]23O)c1. The highest BCUT2D eigenvalue weighted by Crippen LogP contribution is 2.75. The molecule has 0 heterocycles. The van der Waals surface area contributed by atoms with E-state index in [0.717, 1.165) is 12.1 Å². The van der Waals surface area contributed by atoms with Gasteiger partial charge >= 0.3 is 11.9 Å². The molecule has 2 aromatic carbocycles. The van der Waals surface area contributed by atoms with E-state index in [1.165, 1.54) is 36.4 Å². The Bertz CT molecular complexity index is 1100. The lowest BCUT2D eigenvalue weighted by Crippen LogP contribution is -2.99. The normalized spacial score (nSPS) is 36.4.